The second-order valence-electron chi connectivity index (χ2n) is 4.54. The van der Waals surface area contributed by atoms with Crippen molar-refractivity contribution < 1.29 is 14.3 Å². The molecule has 0 fully saturated rings. The van der Waals surface area contributed by atoms with E-state index in [-0.39, 0.29) is 12.7 Å². The predicted molar refractivity (Wildman–Crippen MR) is 69.8 cm³/mol. The van der Waals surface area contributed by atoms with Crippen molar-refractivity contribution >= 4 is 0 Å². The van der Waals surface area contributed by atoms with Crippen LogP contribution in [0, 0.1) is 6.92 Å². The maximum Gasteiger partial charge on any atom is 0.253 e. The van der Waals surface area contributed by atoms with Crippen LogP contribution in [0.2, 0.25) is 0 Å². The molecule has 2 aromatic rings. The van der Waals surface area contributed by atoms with Crippen LogP contribution >= 0.6 is 0 Å². The fraction of sp³-hybridized carbons (Fsp3) is 0.429. The molecule has 5 nitrogen and oxygen atoms in total. The highest BCUT2D eigenvalue weighted by Crippen LogP contribution is 2.15. The average molecular weight is 262 g/mol. The Hall–Kier alpha value is -1.88. The molecule has 1 unspecified atom stereocenters. The molecule has 1 aromatic heterocycles. The minimum Gasteiger partial charge on any atom is -0.484 e. The van der Waals surface area contributed by atoms with Crippen molar-refractivity contribution in [3.63, 3.8) is 0 Å². The van der Waals surface area contributed by atoms with Crippen molar-refractivity contribution in [1.29, 1.82) is 0 Å². The Balaban J connectivity index is 1.84. The second-order valence-corrected chi connectivity index (χ2v) is 4.54. The third-order valence-corrected chi connectivity index (χ3v) is 2.70. The SMILES string of the molecule is Cc1nnc(COc2ccc(CCC(C)O)cc2)o1. The normalized spacial score (nSPS) is 12.4. The van der Waals surface area contributed by atoms with Crippen LogP contribution in [-0.2, 0) is 13.0 Å². The summed E-state index contributed by atoms with van der Waals surface area (Å²) in [6.45, 7) is 3.81. The van der Waals surface area contributed by atoms with Gasteiger partial charge in [0.25, 0.3) is 5.89 Å². The number of hydrogen-bond donors (Lipinski definition) is 1. The van der Waals surface area contributed by atoms with Gasteiger partial charge in [-0.3, -0.25) is 0 Å². The van der Waals surface area contributed by atoms with Gasteiger partial charge in [0.15, 0.2) is 6.61 Å². The van der Waals surface area contributed by atoms with Crippen molar-refractivity contribution in [2.45, 2.75) is 39.4 Å². The highest BCUT2D eigenvalue weighted by atomic mass is 16.5. The van der Waals surface area contributed by atoms with Gasteiger partial charge >= 0.3 is 0 Å². The number of rotatable bonds is 6. The van der Waals surface area contributed by atoms with E-state index in [1.807, 2.05) is 24.3 Å². The summed E-state index contributed by atoms with van der Waals surface area (Å²) in [5.41, 5.74) is 1.18. The molecule has 1 heterocycles. The zero-order valence-electron chi connectivity index (χ0n) is 11.2. The molecule has 0 aliphatic rings. The van der Waals surface area contributed by atoms with Crippen LogP contribution in [0.4, 0.5) is 0 Å². The average Bonchev–Trinajstić information content (AvgIpc) is 2.81. The van der Waals surface area contributed by atoms with E-state index in [0.29, 0.717) is 11.8 Å². The molecule has 0 amide bonds. The molecular formula is C14H18N2O3. The number of benzene rings is 1. The van der Waals surface area contributed by atoms with Gasteiger partial charge in [-0.2, -0.15) is 0 Å². The first-order valence-corrected chi connectivity index (χ1v) is 6.32. The summed E-state index contributed by atoms with van der Waals surface area (Å²) in [7, 11) is 0. The smallest absolute Gasteiger partial charge is 0.253 e. The van der Waals surface area contributed by atoms with E-state index < -0.39 is 0 Å². The topological polar surface area (TPSA) is 68.4 Å². The first kappa shape index (κ1) is 13.5. The number of aryl methyl sites for hydroxylation is 2. The minimum atomic E-state index is -0.267. The van der Waals surface area contributed by atoms with Crippen LogP contribution in [0.15, 0.2) is 28.7 Å². The number of nitrogens with zero attached hydrogens (tertiary/aromatic N) is 2. The molecule has 1 atom stereocenters. The molecule has 5 heteroatoms. The molecule has 0 saturated carbocycles. The Bertz CT molecular complexity index is 506. The molecule has 102 valence electrons. The van der Waals surface area contributed by atoms with E-state index in [2.05, 4.69) is 10.2 Å². The van der Waals surface area contributed by atoms with E-state index in [0.717, 1.165) is 18.6 Å². The standard InChI is InChI=1S/C14H18N2O3/c1-10(17)3-4-12-5-7-13(8-6-12)18-9-14-16-15-11(2)19-14/h5-8,10,17H,3-4,9H2,1-2H3. The lowest BCUT2D eigenvalue weighted by atomic mass is 10.1. The fourth-order valence-corrected chi connectivity index (χ4v) is 1.67. The number of aromatic nitrogens is 2. The van der Waals surface area contributed by atoms with E-state index in [1.165, 1.54) is 5.56 Å². The summed E-state index contributed by atoms with van der Waals surface area (Å²) in [6, 6.07) is 7.80. The van der Waals surface area contributed by atoms with Gasteiger partial charge in [-0.05, 0) is 37.5 Å². The van der Waals surface area contributed by atoms with Crippen molar-refractivity contribution in [2.24, 2.45) is 0 Å². The Morgan fingerprint density at radius 1 is 1.26 bits per heavy atom. The Morgan fingerprint density at radius 3 is 2.58 bits per heavy atom. The highest BCUT2D eigenvalue weighted by molar-refractivity contribution is 5.27. The van der Waals surface area contributed by atoms with Gasteiger partial charge in [-0.1, -0.05) is 12.1 Å². The van der Waals surface area contributed by atoms with Gasteiger partial charge in [0.1, 0.15) is 5.75 Å². The van der Waals surface area contributed by atoms with Crippen molar-refractivity contribution in [3.05, 3.63) is 41.6 Å². The number of aliphatic hydroxyl groups excluding tert-OH is 1. The molecule has 1 N–H and O–H groups in total. The lowest BCUT2D eigenvalue weighted by Crippen LogP contribution is -2.01. The van der Waals surface area contributed by atoms with Crippen LogP contribution in [0.5, 0.6) is 5.75 Å². The maximum atomic E-state index is 9.23. The molecule has 19 heavy (non-hydrogen) atoms. The fourth-order valence-electron chi connectivity index (χ4n) is 1.67. The van der Waals surface area contributed by atoms with Gasteiger partial charge in [-0.15, -0.1) is 10.2 Å². The van der Waals surface area contributed by atoms with E-state index >= 15 is 0 Å². The highest BCUT2D eigenvalue weighted by Gasteiger charge is 2.03. The van der Waals surface area contributed by atoms with E-state index in [9.17, 15) is 5.11 Å². The minimum absolute atomic E-state index is 0.267. The lowest BCUT2D eigenvalue weighted by molar-refractivity contribution is 0.185. The van der Waals surface area contributed by atoms with Crippen LogP contribution in [-0.4, -0.2) is 21.4 Å². The molecular weight excluding hydrogens is 244 g/mol. The van der Waals surface area contributed by atoms with Crippen molar-refractivity contribution in [3.8, 4) is 5.75 Å². The van der Waals surface area contributed by atoms with Gasteiger partial charge in [-0.25, -0.2) is 0 Å². The molecule has 0 saturated heterocycles. The van der Waals surface area contributed by atoms with Crippen molar-refractivity contribution in [1.82, 2.24) is 10.2 Å². The van der Waals surface area contributed by atoms with E-state index in [1.54, 1.807) is 13.8 Å². The number of aliphatic hydroxyl groups is 1. The van der Waals surface area contributed by atoms with Crippen LogP contribution in [0.25, 0.3) is 0 Å². The predicted octanol–water partition coefficient (Wildman–Crippen LogP) is 2.27. The first-order valence-electron chi connectivity index (χ1n) is 6.32. The third kappa shape index (κ3) is 4.37. The number of hydrogen-bond acceptors (Lipinski definition) is 5. The summed E-state index contributed by atoms with van der Waals surface area (Å²) < 4.78 is 10.8. The summed E-state index contributed by atoms with van der Waals surface area (Å²) in [5.74, 6) is 1.76. The third-order valence-electron chi connectivity index (χ3n) is 2.70. The summed E-state index contributed by atoms with van der Waals surface area (Å²) in [4.78, 5) is 0. The van der Waals surface area contributed by atoms with Crippen LogP contribution in [0.3, 0.4) is 0 Å². The monoisotopic (exact) mass is 262 g/mol. The maximum absolute atomic E-state index is 9.23. The summed E-state index contributed by atoms with van der Waals surface area (Å²) >= 11 is 0. The molecule has 0 radical (unpaired) electrons. The molecule has 0 aliphatic carbocycles. The zero-order valence-corrected chi connectivity index (χ0v) is 11.2. The second kappa shape index (κ2) is 6.33. The Labute approximate surface area is 112 Å². The molecule has 0 spiro atoms. The Kier molecular flexibility index (Phi) is 4.52. The van der Waals surface area contributed by atoms with Gasteiger partial charge in [0.2, 0.25) is 5.89 Å². The quantitative estimate of drug-likeness (QED) is 0.864. The van der Waals surface area contributed by atoms with E-state index in [4.69, 9.17) is 9.15 Å². The molecule has 0 bridgehead atoms. The molecule has 2 rings (SSSR count). The van der Waals surface area contributed by atoms with Gasteiger partial charge in [0, 0.05) is 6.92 Å². The van der Waals surface area contributed by atoms with Crippen LogP contribution < -0.4 is 4.74 Å². The van der Waals surface area contributed by atoms with Crippen LogP contribution in [0.1, 0.15) is 30.7 Å². The summed E-state index contributed by atoms with van der Waals surface area (Å²) in [5, 5.41) is 16.8. The Morgan fingerprint density at radius 2 is 2.00 bits per heavy atom. The van der Waals surface area contributed by atoms with Crippen molar-refractivity contribution in [2.75, 3.05) is 0 Å². The summed E-state index contributed by atoms with van der Waals surface area (Å²) in [6.07, 6.45) is 1.36. The largest absolute Gasteiger partial charge is 0.484 e. The molecule has 0 aliphatic heterocycles. The van der Waals surface area contributed by atoms with Gasteiger partial charge in [0.05, 0.1) is 6.10 Å². The molecule has 1 aromatic carbocycles. The van der Waals surface area contributed by atoms with Gasteiger partial charge < -0.3 is 14.3 Å². The lowest BCUT2D eigenvalue weighted by Gasteiger charge is -2.06. The zero-order chi connectivity index (χ0) is 13.7. The number of ether oxygens (including phenoxy) is 1. The first-order chi connectivity index (χ1) is 9.13.